The summed E-state index contributed by atoms with van der Waals surface area (Å²) in [5.74, 6) is 1.02. The fourth-order valence-electron chi connectivity index (χ4n) is 3.23. The second-order valence-electron chi connectivity index (χ2n) is 7.00. The third-order valence-corrected chi connectivity index (χ3v) is 5.14. The molecule has 28 heavy (non-hydrogen) atoms. The zero-order valence-corrected chi connectivity index (χ0v) is 16.5. The molecule has 0 spiro atoms. The summed E-state index contributed by atoms with van der Waals surface area (Å²) in [5.41, 5.74) is 2.97. The quantitative estimate of drug-likeness (QED) is 0.799. The molecule has 2 aromatic rings. The second kappa shape index (κ2) is 8.78. The predicted octanol–water partition coefficient (Wildman–Crippen LogP) is 3.18. The van der Waals surface area contributed by atoms with Crippen molar-refractivity contribution in [1.82, 2.24) is 4.90 Å². The van der Waals surface area contributed by atoms with E-state index in [9.17, 15) is 9.59 Å². The van der Waals surface area contributed by atoms with E-state index in [0.29, 0.717) is 19.7 Å². The number of benzene rings is 2. The highest BCUT2D eigenvalue weighted by Crippen LogP contribution is 2.23. The number of likely N-dealkylation sites (tertiary alicyclic amines) is 1. The average molecular weight is 382 g/mol. The fraction of sp³-hybridized carbons (Fsp3) is 0.364. The minimum Gasteiger partial charge on any atom is -0.497 e. The Bertz CT molecular complexity index is 848. The van der Waals surface area contributed by atoms with Crippen molar-refractivity contribution in [3.8, 4) is 11.5 Å². The zero-order valence-electron chi connectivity index (χ0n) is 16.5. The molecule has 1 N–H and O–H groups in total. The lowest BCUT2D eigenvalue weighted by atomic mass is 10.1. The van der Waals surface area contributed by atoms with Crippen LogP contribution in [-0.4, -0.2) is 43.5 Å². The molecule has 2 amide bonds. The van der Waals surface area contributed by atoms with Crippen LogP contribution in [0.2, 0.25) is 0 Å². The first-order valence-corrected chi connectivity index (χ1v) is 9.39. The van der Waals surface area contributed by atoms with Crippen LogP contribution in [0, 0.1) is 19.8 Å². The van der Waals surface area contributed by atoms with Crippen molar-refractivity contribution in [2.75, 3.05) is 32.1 Å². The van der Waals surface area contributed by atoms with Gasteiger partial charge in [0, 0.05) is 18.7 Å². The number of hydrogen-bond donors (Lipinski definition) is 1. The largest absolute Gasteiger partial charge is 0.497 e. The Balaban J connectivity index is 1.50. The molecule has 1 saturated heterocycles. The van der Waals surface area contributed by atoms with E-state index in [1.807, 2.05) is 56.3 Å². The molecular formula is C22H26N2O4. The van der Waals surface area contributed by atoms with Gasteiger partial charge in [0.1, 0.15) is 18.1 Å². The molecule has 0 bridgehead atoms. The third kappa shape index (κ3) is 4.63. The molecule has 6 nitrogen and oxygen atoms in total. The van der Waals surface area contributed by atoms with Crippen LogP contribution in [0.15, 0.2) is 42.5 Å². The molecular weight excluding hydrogens is 356 g/mol. The number of carbonyl (C=O) groups excluding carboxylic acids is 2. The topological polar surface area (TPSA) is 67.9 Å². The number of anilines is 1. The minimum atomic E-state index is -0.339. The smallest absolute Gasteiger partial charge is 0.229 e. The fourth-order valence-corrected chi connectivity index (χ4v) is 3.23. The first kappa shape index (κ1) is 19.7. The Labute approximate surface area is 165 Å². The van der Waals surface area contributed by atoms with Gasteiger partial charge in [-0.25, -0.2) is 0 Å². The van der Waals surface area contributed by atoms with Crippen LogP contribution in [-0.2, 0) is 9.59 Å². The van der Waals surface area contributed by atoms with E-state index in [1.165, 1.54) is 0 Å². The molecule has 1 heterocycles. The summed E-state index contributed by atoms with van der Waals surface area (Å²) >= 11 is 0. The van der Waals surface area contributed by atoms with Gasteiger partial charge in [-0.05, 0) is 55.3 Å². The molecule has 148 valence electrons. The molecule has 1 atom stereocenters. The van der Waals surface area contributed by atoms with Crippen LogP contribution in [0.1, 0.15) is 17.5 Å². The van der Waals surface area contributed by atoms with Gasteiger partial charge in [-0.3, -0.25) is 9.59 Å². The molecule has 0 aromatic heterocycles. The lowest BCUT2D eigenvalue weighted by molar-refractivity contribution is -0.128. The van der Waals surface area contributed by atoms with Gasteiger partial charge >= 0.3 is 0 Å². The number of hydrogen-bond acceptors (Lipinski definition) is 4. The summed E-state index contributed by atoms with van der Waals surface area (Å²) in [6.45, 7) is 5.24. The number of aryl methyl sites for hydroxylation is 1. The maximum atomic E-state index is 12.6. The van der Waals surface area contributed by atoms with Gasteiger partial charge in [0.05, 0.1) is 19.6 Å². The van der Waals surface area contributed by atoms with Crippen molar-refractivity contribution >= 4 is 17.5 Å². The highest BCUT2D eigenvalue weighted by Gasteiger charge is 2.34. The Morgan fingerprint density at radius 1 is 1.14 bits per heavy atom. The van der Waals surface area contributed by atoms with E-state index >= 15 is 0 Å². The summed E-state index contributed by atoms with van der Waals surface area (Å²) in [5, 5.41) is 2.97. The molecule has 0 aliphatic carbocycles. The lowest BCUT2D eigenvalue weighted by Crippen LogP contribution is -2.31. The number of amides is 2. The Morgan fingerprint density at radius 3 is 2.57 bits per heavy atom. The maximum absolute atomic E-state index is 12.6. The molecule has 1 unspecified atom stereocenters. The summed E-state index contributed by atoms with van der Waals surface area (Å²) < 4.78 is 10.8. The number of nitrogens with one attached hydrogen (secondary N) is 1. The van der Waals surface area contributed by atoms with Crippen LogP contribution >= 0.6 is 0 Å². The summed E-state index contributed by atoms with van der Waals surface area (Å²) in [4.78, 5) is 26.5. The van der Waals surface area contributed by atoms with Crippen molar-refractivity contribution in [2.45, 2.75) is 20.3 Å². The standard InChI is InChI=1S/C22H26N2O4/c1-15-5-4-6-20(16(15)2)23-22(26)17-13-21(25)24(14-17)11-12-28-19-9-7-18(27-3)8-10-19/h4-10,17H,11-14H2,1-3H3,(H,23,26). The highest BCUT2D eigenvalue weighted by molar-refractivity contribution is 5.97. The molecule has 6 heteroatoms. The normalized spacial score (nSPS) is 16.2. The van der Waals surface area contributed by atoms with Gasteiger partial charge in [-0.15, -0.1) is 0 Å². The van der Waals surface area contributed by atoms with Gasteiger partial charge in [-0.1, -0.05) is 12.1 Å². The molecule has 0 radical (unpaired) electrons. The lowest BCUT2D eigenvalue weighted by Gasteiger charge is -2.17. The van der Waals surface area contributed by atoms with Gasteiger partial charge in [-0.2, -0.15) is 0 Å². The maximum Gasteiger partial charge on any atom is 0.229 e. The van der Waals surface area contributed by atoms with Crippen LogP contribution < -0.4 is 14.8 Å². The van der Waals surface area contributed by atoms with Crippen LogP contribution in [0.4, 0.5) is 5.69 Å². The molecule has 2 aromatic carbocycles. The monoisotopic (exact) mass is 382 g/mol. The third-order valence-electron chi connectivity index (χ3n) is 5.14. The van der Waals surface area contributed by atoms with E-state index < -0.39 is 0 Å². The van der Waals surface area contributed by atoms with E-state index in [-0.39, 0.29) is 24.2 Å². The number of nitrogens with zero attached hydrogens (tertiary/aromatic N) is 1. The van der Waals surface area contributed by atoms with Crippen molar-refractivity contribution < 1.29 is 19.1 Å². The molecule has 1 aliphatic rings. The summed E-state index contributed by atoms with van der Waals surface area (Å²) in [7, 11) is 1.61. The molecule has 1 fully saturated rings. The summed E-state index contributed by atoms with van der Waals surface area (Å²) in [6.07, 6.45) is 0.235. The minimum absolute atomic E-state index is 0.0144. The average Bonchev–Trinajstić information content (AvgIpc) is 3.07. The van der Waals surface area contributed by atoms with Gasteiger partial charge < -0.3 is 19.7 Å². The molecule has 1 aliphatic heterocycles. The Morgan fingerprint density at radius 2 is 1.86 bits per heavy atom. The Kier molecular flexibility index (Phi) is 6.19. The van der Waals surface area contributed by atoms with E-state index in [4.69, 9.17) is 9.47 Å². The van der Waals surface area contributed by atoms with E-state index in [1.54, 1.807) is 12.0 Å². The predicted molar refractivity (Wildman–Crippen MR) is 108 cm³/mol. The van der Waals surface area contributed by atoms with Crippen molar-refractivity contribution in [2.24, 2.45) is 5.92 Å². The van der Waals surface area contributed by atoms with Gasteiger partial charge in [0.2, 0.25) is 11.8 Å². The van der Waals surface area contributed by atoms with Gasteiger partial charge in [0.25, 0.3) is 0 Å². The Hall–Kier alpha value is -3.02. The van der Waals surface area contributed by atoms with Crippen molar-refractivity contribution in [1.29, 1.82) is 0 Å². The summed E-state index contributed by atoms with van der Waals surface area (Å²) in [6, 6.07) is 13.1. The van der Waals surface area contributed by atoms with E-state index in [0.717, 1.165) is 28.3 Å². The number of rotatable bonds is 7. The first-order valence-electron chi connectivity index (χ1n) is 9.39. The second-order valence-corrected chi connectivity index (χ2v) is 7.00. The van der Waals surface area contributed by atoms with E-state index in [2.05, 4.69) is 5.32 Å². The number of ether oxygens (including phenoxy) is 2. The van der Waals surface area contributed by atoms with Crippen LogP contribution in [0.5, 0.6) is 11.5 Å². The highest BCUT2D eigenvalue weighted by atomic mass is 16.5. The number of carbonyl (C=O) groups is 2. The zero-order chi connectivity index (χ0) is 20.1. The number of methoxy groups -OCH3 is 1. The van der Waals surface area contributed by atoms with Crippen LogP contribution in [0.3, 0.4) is 0 Å². The van der Waals surface area contributed by atoms with Crippen LogP contribution in [0.25, 0.3) is 0 Å². The van der Waals surface area contributed by atoms with Gasteiger partial charge in [0.15, 0.2) is 0 Å². The molecule has 0 saturated carbocycles. The SMILES string of the molecule is COc1ccc(OCCN2CC(C(=O)Nc3cccc(C)c3C)CC2=O)cc1. The van der Waals surface area contributed by atoms with Crippen molar-refractivity contribution in [3.05, 3.63) is 53.6 Å². The van der Waals surface area contributed by atoms with Crippen molar-refractivity contribution in [3.63, 3.8) is 0 Å². The molecule has 3 rings (SSSR count). The first-order chi connectivity index (χ1) is 13.5.